The molecule has 5 heteroatoms. The minimum atomic E-state index is -0.499. The van der Waals surface area contributed by atoms with E-state index in [4.69, 9.17) is 10.5 Å². The number of rotatable bonds is 1. The van der Waals surface area contributed by atoms with Crippen molar-refractivity contribution < 1.29 is 9.53 Å². The van der Waals surface area contributed by atoms with Crippen LogP contribution in [0.25, 0.3) is 0 Å². The fraction of sp³-hybridized carbons (Fsp3) is 0.600. The van der Waals surface area contributed by atoms with Gasteiger partial charge in [-0.3, -0.25) is 9.88 Å². The van der Waals surface area contributed by atoms with E-state index in [2.05, 4.69) is 4.98 Å². The molecule has 20 heavy (non-hydrogen) atoms. The van der Waals surface area contributed by atoms with Gasteiger partial charge in [-0.25, -0.2) is 4.79 Å². The van der Waals surface area contributed by atoms with Crippen LogP contribution in [0.1, 0.15) is 45.2 Å². The molecular formula is C15H23N3O2. The third kappa shape index (κ3) is 3.70. The van der Waals surface area contributed by atoms with Crippen LogP contribution < -0.4 is 5.73 Å². The summed E-state index contributed by atoms with van der Waals surface area (Å²) >= 11 is 0. The molecule has 0 bridgehead atoms. The molecule has 0 radical (unpaired) electrons. The summed E-state index contributed by atoms with van der Waals surface area (Å²) < 4.78 is 5.49. The number of pyridine rings is 1. The molecule has 1 saturated heterocycles. The first-order chi connectivity index (χ1) is 9.37. The van der Waals surface area contributed by atoms with Gasteiger partial charge in [-0.2, -0.15) is 0 Å². The number of hydrogen-bond acceptors (Lipinski definition) is 4. The Morgan fingerprint density at radius 2 is 2.00 bits per heavy atom. The highest BCUT2D eigenvalue weighted by molar-refractivity contribution is 5.69. The summed E-state index contributed by atoms with van der Waals surface area (Å²) in [5.74, 6) is 0. The van der Waals surface area contributed by atoms with Gasteiger partial charge in [0.1, 0.15) is 5.60 Å². The summed E-state index contributed by atoms with van der Waals surface area (Å²) in [6.07, 6.45) is 4.96. The highest BCUT2D eigenvalue weighted by atomic mass is 16.6. The van der Waals surface area contributed by atoms with Crippen LogP contribution in [-0.2, 0) is 4.74 Å². The third-order valence-electron chi connectivity index (χ3n) is 3.34. The summed E-state index contributed by atoms with van der Waals surface area (Å²) in [7, 11) is 0. The van der Waals surface area contributed by atoms with E-state index in [0.717, 1.165) is 18.4 Å². The van der Waals surface area contributed by atoms with Crippen molar-refractivity contribution in [3.8, 4) is 0 Å². The average Bonchev–Trinajstić information content (AvgIpc) is 2.37. The van der Waals surface area contributed by atoms with Gasteiger partial charge in [-0.05, 0) is 51.3 Å². The summed E-state index contributed by atoms with van der Waals surface area (Å²) in [4.78, 5) is 18.1. The second kappa shape index (κ2) is 5.79. The summed E-state index contributed by atoms with van der Waals surface area (Å²) in [6, 6.07) is 3.92. The number of hydrogen-bond donors (Lipinski definition) is 1. The lowest BCUT2D eigenvalue weighted by molar-refractivity contribution is 0.00730. The molecule has 5 nitrogen and oxygen atoms in total. The van der Waals surface area contributed by atoms with E-state index in [1.54, 1.807) is 17.3 Å². The number of aromatic nitrogens is 1. The molecule has 110 valence electrons. The Balaban J connectivity index is 2.19. The first kappa shape index (κ1) is 14.8. The molecule has 0 spiro atoms. The Labute approximate surface area is 120 Å². The lowest BCUT2D eigenvalue weighted by atomic mass is 9.94. The van der Waals surface area contributed by atoms with Crippen LogP contribution in [0.4, 0.5) is 4.79 Å². The van der Waals surface area contributed by atoms with E-state index in [9.17, 15) is 4.79 Å². The monoisotopic (exact) mass is 277 g/mol. The van der Waals surface area contributed by atoms with E-state index in [1.165, 1.54) is 0 Å². The molecular weight excluding hydrogens is 254 g/mol. The van der Waals surface area contributed by atoms with E-state index < -0.39 is 5.60 Å². The Morgan fingerprint density at radius 3 is 2.60 bits per heavy atom. The molecule has 1 aliphatic rings. The molecule has 1 aromatic rings. The van der Waals surface area contributed by atoms with Crippen LogP contribution in [0.15, 0.2) is 24.5 Å². The molecule has 0 saturated carbocycles. The molecule has 0 aliphatic carbocycles. The van der Waals surface area contributed by atoms with Gasteiger partial charge in [-0.15, -0.1) is 0 Å². The standard InChI is InChI=1S/C15H23N3O2/c1-15(2,3)20-14(19)18-10-12(16)4-5-13(18)11-6-8-17-9-7-11/h6-9,12-13H,4-5,10,16H2,1-3H3. The van der Waals surface area contributed by atoms with Crippen LogP contribution in [-0.4, -0.2) is 34.2 Å². The van der Waals surface area contributed by atoms with Gasteiger partial charge in [0.05, 0.1) is 6.04 Å². The zero-order chi connectivity index (χ0) is 14.8. The van der Waals surface area contributed by atoms with Crippen molar-refractivity contribution in [3.05, 3.63) is 30.1 Å². The number of carbonyl (C=O) groups excluding carboxylic acids is 1. The minimum Gasteiger partial charge on any atom is -0.444 e. The van der Waals surface area contributed by atoms with Gasteiger partial charge in [0.2, 0.25) is 0 Å². The lowest BCUT2D eigenvalue weighted by Crippen LogP contribution is -2.49. The van der Waals surface area contributed by atoms with Gasteiger partial charge in [0, 0.05) is 25.0 Å². The van der Waals surface area contributed by atoms with Crippen molar-refractivity contribution >= 4 is 6.09 Å². The minimum absolute atomic E-state index is 0.0144. The molecule has 0 aromatic carbocycles. The van der Waals surface area contributed by atoms with Crippen LogP contribution >= 0.6 is 0 Å². The average molecular weight is 277 g/mol. The SMILES string of the molecule is CC(C)(C)OC(=O)N1CC(N)CCC1c1ccncc1. The molecule has 1 fully saturated rings. The lowest BCUT2D eigenvalue weighted by Gasteiger charge is -2.39. The highest BCUT2D eigenvalue weighted by Crippen LogP contribution is 2.31. The third-order valence-corrected chi connectivity index (χ3v) is 3.34. The predicted molar refractivity (Wildman–Crippen MR) is 77.1 cm³/mol. The smallest absolute Gasteiger partial charge is 0.410 e. The van der Waals surface area contributed by atoms with Crippen molar-refractivity contribution in [2.24, 2.45) is 5.73 Å². The predicted octanol–water partition coefficient (Wildman–Crippen LogP) is 2.48. The molecule has 2 unspecified atom stereocenters. The molecule has 1 amide bonds. The number of carbonyl (C=O) groups is 1. The first-order valence-corrected chi connectivity index (χ1v) is 7.02. The number of piperidine rings is 1. The van der Waals surface area contributed by atoms with Crippen molar-refractivity contribution in [1.82, 2.24) is 9.88 Å². The molecule has 2 N–H and O–H groups in total. The van der Waals surface area contributed by atoms with E-state index in [-0.39, 0.29) is 18.2 Å². The van der Waals surface area contributed by atoms with E-state index in [0.29, 0.717) is 6.54 Å². The summed E-state index contributed by atoms with van der Waals surface area (Å²) in [5.41, 5.74) is 6.59. The molecule has 2 heterocycles. The number of nitrogens with zero attached hydrogens (tertiary/aromatic N) is 2. The maximum atomic E-state index is 12.4. The molecule has 2 atom stereocenters. The second-order valence-corrected chi connectivity index (χ2v) is 6.27. The maximum Gasteiger partial charge on any atom is 0.410 e. The number of nitrogens with two attached hydrogens (primary N) is 1. The van der Waals surface area contributed by atoms with Crippen molar-refractivity contribution in [2.75, 3.05) is 6.54 Å². The first-order valence-electron chi connectivity index (χ1n) is 7.02. The Bertz CT molecular complexity index is 456. The maximum absolute atomic E-state index is 12.4. The van der Waals surface area contributed by atoms with Gasteiger partial charge in [0.25, 0.3) is 0 Å². The zero-order valence-electron chi connectivity index (χ0n) is 12.4. The van der Waals surface area contributed by atoms with Gasteiger partial charge >= 0.3 is 6.09 Å². The molecule has 1 aliphatic heterocycles. The quantitative estimate of drug-likeness (QED) is 0.856. The number of ether oxygens (including phenoxy) is 1. The molecule has 2 rings (SSSR count). The number of likely N-dealkylation sites (tertiary alicyclic amines) is 1. The van der Waals surface area contributed by atoms with E-state index >= 15 is 0 Å². The van der Waals surface area contributed by atoms with Gasteiger partial charge in [0.15, 0.2) is 0 Å². The van der Waals surface area contributed by atoms with E-state index in [1.807, 2.05) is 32.9 Å². The fourth-order valence-electron chi connectivity index (χ4n) is 2.45. The Morgan fingerprint density at radius 1 is 1.35 bits per heavy atom. The van der Waals surface area contributed by atoms with Gasteiger partial charge in [-0.1, -0.05) is 0 Å². The fourth-order valence-corrected chi connectivity index (χ4v) is 2.45. The van der Waals surface area contributed by atoms with Crippen molar-refractivity contribution in [1.29, 1.82) is 0 Å². The summed E-state index contributed by atoms with van der Waals surface area (Å²) in [5, 5.41) is 0. The van der Waals surface area contributed by atoms with Crippen molar-refractivity contribution in [2.45, 2.75) is 51.3 Å². The van der Waals surface area contributed by atoms with Crippen LogP contribution in [0.2, 0.25) is 0 Å². The normalized spacial score (nSPS) is 23.5. The number of amides is 1. The van der Waals surface area contributed by atoms with Gasteiger partial charge < -0.3 is 10.5 Å². The largest absolute Gasteiger partial charge is 0.444 e. The second-order valence-electron chi connectivity index (χ2n) is 6.27. The van der Waals surface area contributed by atoms with Crippen LogP contribution in [0, 0.1) is 0 Å². The topological polar surface area (TPSA) is 68.5 Å². The highest BCUT2D eigenvalue weighted by Gasteiger charge is 2.33. The van der Waals surface area contributed by atoms with Crippen LogP contribution in [0.5, 0.6) is 0 Å². The van der Waals surface area contributed by atoms with Crippen molar-refractivity contribution in [3.63, 3.8) is 0 Å². The Kier molecular flexibility index (Phi) is 4.28. The zero-order valence-corrected chi connectivity index (χ0v) is 12.4. The summed E-state index contributed by atoms with van der Waals surface area (Å²) in [6.45, 7) is 6.14. The van der Waals surface area contributed by atoms with Crippen LogP contribution in [0.3, 0.4) is 0 Å². The Hall–Kier alpha value is -1.62. The molecule has 1 aromatic heterocycles.